The Bertz CT molecular complexity index is 1090. The molecule has 4 aromatic carbocycles. The molecule has 0 spiro atoms. The van der Waals surface area contributed by atoms with Gasteiger partial charge in [-0.25, -0.2) is 0 Å². The lowest BCUT2D eigenvalue weighted by molar-refractivity contribution is 1.07. The Kier molecular flexibility index (Phi) is 5.69. The molecular formula is C28H25N. The molecule has 1 nitrogen and oxygen atoms in total. The fourth-order valence-corrected chi connectivity index (χ4v) is 3.65. The second kappa shape index (κ2) is 8.72. The van der Waals surface area contributed by atoms with Crippen LogP contribution in [-0.2, 0) is 6.54 Å². The van der Waals surface area contributed by atoms with Crippen LogP contribution in [0.5, 0.6) is 0 Å². The topological polar surface area (TPSA) is 26.0 Å². The molecule has 0 atom stereocenters. The fraction of sp³-hybridized carbons (Fsp3) is 0.0714. The molecule has 0 aliphatic rings. The summed E-state index contributed by atoms with van der Waals surface area (Å²) in [5.41, 5.74) is 15.5. The quantitative estimate of drug-likeness (QED) is 0.398. The Hall–Kier alpha value is -3.42. The van der Waals surface area contributed by atoms with Crippen molar-refractivity contribution in [1.82, 2.24) is 0 Å². The molecule has 0 amide bonds. The lowest BCUT2D eigenvalue weighted by atomic mass is 9.85. The van der Waals surface area contributed by atoms with Crippen molar-refractivity contribution in [1.29, 1.82) is 0 Å². The molecule has 0 heterocycles. The maximum absolute atomic E-state index is 5.83. The molecule has 0 saturated carbocycles. The smallest absolute Gasteiger partial charge is 0.0178 e. The van der Waals surface area contributed by atoms with E-state index in [9.17, 15) is 0 Å². The van der Waals surface area contributed by atoms with E-state index in [4.69, 9.17) is 5.73 Å². The molecular weight excluding hydrogens is 350 g/mol. The average Bonchev–Trinajstić information content (AvgIpc) is 2.79. The number of nitrogens with two attached hydrogens (primary N) is 1. The first-order valence-electron chi connectivity index (χ1n) is 9.98. The minimum absolute atomic E-state index is 0.550. The van der Waals surface area contributed by atoms with Crippen molar-refractivity contribution in [3.8, 4) is 0 Å². The van der Waals surface area contributed by atoms with Crippen molar-refractivity contribution in [2.75, 3.05) is 0 Å². The van der Waals surface area contributed by atoms with E-state index in [0.717, 1.165) is 5.56 Å². The maximum atomic E-state index is 5.83. The van der Waals surface area contributed by atoms with Gasteiger partial charge in [-0.3, -0.25) is 0 Å². The van der Waals surface area contributed by atoms with Crippen LogP contribution in [0.2, 0.25) is 0 Å². The van der Waals surface area contributed by atoms with Gasteiger partial charge in [0.25, 0.3) is 0 Å². The van der Waals surface area contributed by atoms with E-state index in [2.05, 4.69) is 116 Å². The fourth-order valence-electron chi connectivity index (χ4n) is 3.65. The molecule has 142 valence electrons. The molecule has 0 aromatic heterocycles. The van der Waals surface area contributed by atoms with Gasteiger partial charge in [-0.15, -0.1) is 0 Å². The predicted octanol–water partition coefficient (Wildman–Crippen LogP) is 6.46. The molecule has 0 unspecified atom stereocenters. The van der Waals surface area contributed by atoms with Crippen LogP contribution in [0.4, 0.5) is 0 Å². The van der Waals surface area contributed by atoms with Gasteiger partial charge in [0.1, 0.15) is 0 Å². The van der Waals surface area contributed by atoms with E-state index in [-0.39, 0.29) is 0 Å². The first kappa shape index (κ1) is 18.9. The standard InChI is InChI=1S/C28H25N/c1-21-12-16-25(17-13-21)27(23-8-4-2-5-9-23)28(24-10-6-3-7-11-24)26-18-14-22(20-29)15-19-26/h2-19H,20,29H2,1H3/b28-27+. The Balaban J connectivity index is 2.05. The van der Waals surface area contributed by atoms with Crippen LogP contribution in [0.1, 0.15) is 33.4 Å². The summed E-state index contributed by atoms with van der Waals surface area (Å²) in [7, 11) is 0. The van der Waals surface area contributed by atoms with Crippen molar-refractivity contribution >= 4 is 11.1 Å². The number of hydrogen-bond acceptors (Lipinski definition) is 1. The van der Waals surface area contributed by atoms with E-state index < -0.39 is 0 Å². The Morgan fingerprint density at radius 3 is 1.31 bits per heavy atom. The lowest BCUT2D eigenvalue weighted by Crippen LogP contribution is -1.99. The van der Waals surface area contributed by atoms with Crippen LogP contribution in [0.15, 0.2) is 109 Å². The number of hydrogen-bond donors (Lipinski definition) is 1. The van der Waals surface area contributed by atoms with Gasteiger partial charge in [-0.1, -0.05) is 115 Å². The Morgan fingerprint density at radius 1 is 0.517 bits per heavy atom. The molecule has 0 radical (unpaired) electrons. The van der Waals surface area contributed by atoms with Gasteiger partial charge in [0.15, 0.2) is 0 Å². The summed E-state index contributed by atoms with van der Waals surface area (Å²) in [6.45, 7) is 2.67. The summed E-state index contributed by atoms with van der Waals surface area (Å²) >= 11 is 0. The van der Waals surface area contributed by atoms with Gasteiger partial charge >= 0.3 is 0 Å². The summed E-state index contributed by atoms with van der Waals surface area (Å²) < 4.78 is 0. The number of benzene rings is 4. The molecule has 0 aliphatic carbocycles. The normalized spacial score (nSPS) is 11.8. The summed E-state index contributed by atoms with van der Waals surface area (Å²) in [5, 5.41) is 0. The van der Waals surface area contributed by atoms with Gasteiger partial charge in [-0.2, -0.15) is 0 Å². The molecule has 0 saturated heterocycles. The van der Waals surface area contributed by atoms with Crippen molar-refractivity contribution in [2.45, 2.75) is 13.5 Å². The van der Waals surface area contributed by atoms with E-state index in [1.807, 2.05) is 0 Å². The predicted molar refractivity (Wildman–Crippen MR) is 123 cm³/mol. The zero-order chi connectivity index (χ0) is 20.1. The third-order valence-corrected chi connectivity index (χ3v) is 5.19. The van der Waals surface area contributed by atoms with Crippen molar-refractivity contribution in [2.24, 2.45) is 5.73 Å². The Labute approximate surface area is 173 Å². The zero-order valence-electron chi connectivity index (χ0n) is 16.7. The van der Waals surface area contributed by atoms with Crippen LogP contribution in [0.25, 0.3) is 11.1 Å². The van der Waals surface area contributed by atoms with E-state index in [0.29, 0.717) is 6.54 Å². The molecule has 0 fully saturated rings. The van der Waals surface area contributed by atoms with Gasteiger partial charge < -0.3 is 5.73 Å². The first-order chi connectivity index (χ1) is 14.3. The van der Waals surface area contributed by atoms with E-state index >= 15 is 0 Å². The van der Waals surface area contributed by atoms with Gasteiger partial charge in [0.2, 0.25) is 0 Å². The molecule has 0 bridgehead atoms. The van der Waals surface area contributed by atoms with Crippen molar-refractivity contribution < 1.29 is 0 Å². The zero-order valence-corrected chi connectivity index (χ0v) is 16.7. The first-order valence-corrected chi connectivity index (χ1v) is 9.98. The average molecular weight is 376 g/mol. The lowest BCUT2D eigenvalue weighted by Gasteiger charge is -2.18. The van der Waals surface area contributed by atoms with Gasteiger partial charge in [0, 0.05) is 6.54 Å². The Morgan fingerprint density at radius 2 is 0.897 bits per heavy atom. The second-order valence-corrected chi connectivity index (χ2v) is 7.25. The molecule has 4 aromatic rings. The van der Waals surface area contributed by atoms with Crippen LogP contribution in [-0.4, -0.2) is 0 Å². The van der Waals surface area contributed by atoms with E-state index in [1.165, 1.54) is 39.0 Å². The maximum Gasteiger partial charge on any atom is 0.0178 e. The molecule has 2 N–H and O–H groups in total. The van der Waals surface area contributed by atoms with Crippen LogP contribution >= 0.6 is 0 Å². The molecule has 1 heteroatoms. The highest BCUT2D eigenvalue weighted by Gasteiger charge is 2.16. The molecule has 4 rings (SSSR count). The third kappa shape index (κ3) is 4.21. The van der Waals surface area contributed by atoms with Crippen LogP contribution < -0.4 is 5.73 Å². The molecule has 29 heavy (non-hydrogen) atoms. The number of aryl methyl sites for hydroxylation is 1. The molecule has 0 aliphatic heterocycles. The monoisotopic (exact) mass is 375 g/mol. The van der Waals surface area contributed by atoms with Crippen LogP contribution in [0, 0.1) is 6.92 Å². The highest BCUT2D eigenvalue weighted by Crippen LogP contribution is 2.36. The summed E-state index contributed by atoms with van der Waals surface area (Å²) in [4.78, 5) is 0. The summed E-state index contributed by atoms with van der Waals surface area (Å²) in [6, 6.07) is 38.7. The summed E-state index contributed by atoms with van der Waals surface area (Å²) in [6.07, 6.45) is 0. The summed E-state index contributed by atoms with van der Waals surface area (Å²) in [5.74, 6) is 0. The van der Waals surface area contributed by atoms with E-state index in [1.54, 1.807) is 0 Å². The van der Waals surface area contributed by atoms with Gasteiger partial charge in [-0.05, 0) is 45.9 Å². The largest absolute Gasteiger partial charge is 0.326 e. The van der Waals surface area contributed by atoms with Crippen molar-refractivity contribution in [3.63, 3.8) is 0 Å². The van der Waals surface area contributed by atoms with Gasteiger partial charge in [0.05, 0.1) is 0 Å². The minimum atomic E-state index is 0.550. The van der Waals surface area contributed by atoms with Crippen LogP contribution in [0.3, 0.4) is 0 Å². The highest BCUT2D eigenvalue weighted by molar-refractivity contribution is 6.04. The number of rotatable bonds is 5. The highest BCUT2D eigenvalue weighted by atomic mass is 14.5. The third-order valence-electron chi connectivity index (χ3n) is 5.19. The second-order valence-electron chi connectivity index (χ2n) is 7.25. The van der Waals surface area contributed by atoms with Crippen molar-refractivity contribution in [3.05, 3.63) is 143 Å². The SMILES string of the molecule is Cc1ccc(/C(=C(\c2ccccc2)c2ccc(CN)cc2)c2ccccc2)cc1. The minimum Gasteiger partial charge on any atom is -0.326 e.